The Hall–Kier alpha value is -4.95. The number of fused-ring (bicyclic) bond motifs is 2. The van der Waals surface area contributed by atoms with E-state index >= 15 is 0 Å². The molecule has 0 aliphatic heterocycles. The van der Waals surface area contributed by atoms with Gasteiger partial charge in [0, 0.05) is 31.4 Å². The monoisotopic (exact) mass is 730 g/mol. The minimum Gasteiger partial charge on any atom is -0.390 e. The Labute approximate surface area is 320 Å². The standard InChI is InChI=1S/C46H58N4O4/c1-5-33(4)31-47-44(52)30-43(51)42(27-32(2)3)49-46(54)41(23-14-26-50-24-10-11-25-50)48-45(53)38(28-36-19-12-17-34-15-6-8-21-39(34)36)29-37-20-13-18-35-16-7-9-22-40(35)37/h6-13,15-22,24-25,32-33,38,41-43,51H,5,14,23,26-31H2,1-4H3,(H,47,52)(H,48,53)(H,49,54)/t33?,41-,42-,43-/m0/s1. The summed E-state index contributed by atoms with van der Waals surface area (Å²) in [5, 5.41) is 24.9. The first-order valence-corrected chi connectivity index (χ1v) is 19.7. The van der Waals surface area contributed by atoms with Crippen LogP contribution in [0.3, 0.4) is 0 Å². The minimum atomic E-state index is -1.07. The third-order valence-electron chi connectivity index (χ3n) is 10.5. The number of aliphatic hydroxyl groups is 1. The van der Waals surface area contributed by atoms with E-state index in [1.807, 2.05) is 74.8 Å². The average molecular weight is 731 g/mol. The van der Waals surface area contributed by atoms with E-state index < -0.39 is 24.1 Å². The molecule has 1 aromatic heterocycles. The summed E-state index contributed by atoms with van der Waals surface area (Å²) in [7, 11) is 0. The van der Waals surface area contributed by atoms with Crippen molar-refractivity contribution in [2.45, 2.75) is 97.4 Å². The Morgan fingerprint density at radius 2 is 1.30 bits per heavy atom. The maximum Gasteiger partial charge on any atom is 0.242 e. The van der Waals surface area contributed by atoms with Crippen molar-refractivity contribution in [2.24, 2.45) is 17.8 Å². The smallest absolute Gasteiger partial charge is 0.242 e. The Bertz CT molecular complexity index is 1860. The highest BCUT2D eigenvalue weighted by atomic mass is 16.3. The van der Waals surface area contributed by atoms with E-state index in [1.54, 1.807) is 0 Å². The number of hydrogen-bond donors (Lipinski definition) is 4. The third kappa shape index (κ3) is 11.5. The van der Waals surface area contributed by atoms with Gasteiger partial charge in [-0.1, -0.05) is 119 Å². The summed E-state index contributed by atoms with van der Waals surface area (Å²) in [4.78, 5) is 41.7. The van der Waals surface area contributed by atoms with E-state index in [2.05, 4.69) is 82.9 Å². The molecule has 5 rings (SSSR count). The average Bonchev–Trinajstić information content (AvgIpc) is 3.69. The Morgan fingerprint density at radius 1 is 0.722 bits per heavy atom. The molecule has 0 bridgehead atoms. The number of amides is 3. The van der Waals surface area contributed by atoms with Gasteiger partial charge in [0.05, 0.1) is 18.6 Å². The zero-order valence-corrected chi connectivity index (χ0v) is 32.3. The lowest BCUT2D eigenvalue weighted by atomic mass is 9.87. The van der Waals surface area contributed by atoms with Gasteiger partial charge in [0.15, 0.2) is 0 Å². The number of nitrogens with zero attached hydrogens (tertiary/aromatic N) is 1. The summed E-state index contributed by atoms with van der Waals surface area (Å²) >= 11 is 0. The van der Waals surface area contributed by atoms with E-state index in [-0.39, 0.29) is 30.1 Å². The third-order valence-corrected chi connectivity index (χ3v) is 10.5. The number of nitrogens with one attached hydrogen (secondary N) is 3. The van der Waals surface area contributed by atoms with Crippen LogP contribution in [0.1, 0.15) is 70.9 Å². The molecular formula is C46H58N4O4. The predicted molar refractivity (Wildman–Crippen MR) is 219 cm³/mol. The van der Waals surface area contributed by atoms with Gasteiger partial charge in [0.1, 0.15) is 6.04 Å². The van der Waals surface area contributed by atoms with Crippen LogP contribution in [0.15, 0.2) is 109 Å². The number of hydrogen-bond acceptors (Lipinski definition) is 4. The lowest BCUT2D eigenvalue weighted by Gasteiger charge is -2.29. The molecule has 4 atom stereocenters. The van der Waals surface area contributed by atoms with Crippen molar-refractivity contribution in [2.75, 3.05) is 6.54 Å². The summed E-state index contributed by atoms with van der Waals surface area (Å²) in [6.07, 6.45) is 6.26. The maximum absolute atomic E-state index is 14.6. The van der Waals surface area contributed by atoms with E-state index in [0.717, 1.165) is 39.1 Å². The van der Waals surface area contributed by atoms with Crippen LogP contribution in [0.4, 0.5) is 0 Å². The second kappa shape index (κ2) is 19.9. The van der Waals surface area contributed by atoms with Gasteiger partial charge in [0.2, 0.25) is 17.7 Å². The molecule has 0 aliphatic carbocycles. The molecular weight excluding hydrogens is 673 g/mol. The van der Waals surface area contributed by atoms with E-state index in [9.17, 15) is 19.5 Å². The number of aryl methyl sites for hydroxylation is 1. The van der Waals surface area contributed by atoms with Crippen LogP contribution in [0.2, 0.25) is 0 Å². The van der Waals surface area contributed by atoms with Gasteiger partial charge in [0.25, 0.3) is 0 Å². The Balaban J connectivity index is 1.40. The topological polar surface area (TPSA) is 112 Å². The molecule has 4 aromatic carbocycles. The van der Waals surface area contributed by atoms with Crippen molar-refractivity contribution >= 4 is 39.3 Å². The number of rotatable bonds is 20. The van der Waals surface area contributed by atoms with Gasteiger partial charge in [-0.3, -0.25) is 14.4 Å². The molecule has 8 nitrogen and oxygen atoms in total. The number of aliphatic hydroxyl groups excluding tert-OH is 1. The first kappa shape index (κ1) is 40.2. The van der Waals surface area contributed by atoms with E-state index in [4.69, 9.17) is 0 Å². The highest BCUT2D eigenvalue weighted by Gasteiger charge is 2.31. The molecule has 0 saturated heterocycles. The lowest BCUT2D eigenvalue weighted by molar-refractivity contribution is -0.132. The van der Waals surface area contributed by atoms with Crippen LogP contribution in [0.5, 0.6) is 0 Å². The lowest BCUT2D eigenvalue weighted by Crippen LogP contribution is -2.54. The summed E-state index contributed by atoms with van der Waals surface area (Å²) in [6, 6.07) is 31.3. The number of aromatic nitrogens is 1. The van der Waals surface area contributed by atoms with Gasteiger partial charge in [-0.05, 0) is 88.7 Å². The number of carbonyl (C=O) groups is 3. The molecule has 0 fully saturated rings. The Kier molecular flexibility index (Phi) is 14.9. The van der Waals surface area contributed by atoms with Crippen molar-refractivity contribution in [1.82, 2.24) is 20.5 Å². The van der Waals surface area contributed by atoms with Crippen molar-refractivity contribution in [3.05, 3.63) is 121 Å². The first-order valence-electron chi connectivity index (χ1n) is 19.7. The molecule has 8 heteroatoms. The zero-order chi connectivity index (χ0) is 38.5. The predicted octanol–water partition coefficient (Wildman–Crippen LogP) is 7.61. The minimum absolute atomic E-state index is 0.114. The van der Waals surface area contributed by atoms with Gasteiger partial charge < -0.3 is 25.6 Å². The molecule has 0 aliphatic rings. The van der Waals surface area contributed by atoms with Crippen LogP contribution >= 0.6 is 0 Å². The van der Waals surface area contributed by atoms with Crippen molar-refractivity contribution < 1.29 is 19.5 Å². The van der Waals surface area contributed by atoms with E-state index in [1.165, 1.54) is 0 Å². The number of carbonyl (C=O) groups excluding carboxylic acids is 3. The van der Waals surface area contributed by atoms with Gasteiger partial charge >= 0.3 is 0 Å². The highest BCUT2D eigenvalue weighted by Crippen LogP contribution is 2.27. The number of benzene rings is 4. The summed E-state index contributed by atoms with van der Waals surface area (Å²) in [5.41, 5.74) is 2.16. The zero-order valence-electron chi connectivity index (χ0n) is 32.3. The fourth-order valence-electron chi connectivity index (χ4n) is 7.23. The van der Waals surface area contributed by atoms with Gasteiger partial charge in [-0.2, -0.15) is 0 Å². The van der Waals surface area contributed by atoms with Gasteiger partial charge in [-0.15, -0.1) is 0 Å². The van der Waals surface area contributed by atoms with Crippen molar-refractivity contribution in [3.8, 4) is 0 Å². The fourth-order valence-corrected chi connectivity index (χ4v) is 7.23. The molecule has 286 valence electrons. The van der Waals surface area contributed by atoms with Crippen LogP contribution in [0.25, 0.3) is 21.5 Å². The van der Waals surface area contributed by atoms with Crippen LogP contribution in [-0.4, -0.2) is 52.1 Å². The molecule has 1 unspecified atom stereocenters. The first-order chi connectivity index (χ1) is 26.1. The second-order valence-electron chi connectivity index (χ2n) is 15.3. The maximum atomic E-state index is 14.6. The summed E-state index contributed by atoms with van der Waals surface area (Å²) in [6.45, 7) is 9.42. The molecule has 0 radical (unpaired) electrons. The molecule has 0 saturated carbocycles. The summed E-state index contributed by atoms with van der Waals surface area (Å²) < 4.78 is 2.06. The second-order valence-corrected chi connectivity index (χ2v) is 15.3. The Morgan fingerprint density at radius 3 is 1.87 bits per heavy atom. The molecule has 3 amide bonds. The largest absolute Gasteiger partial charge is 0.390 e. The SMILES string of the molecule is CCC(C)CNC(=O)C[C@H](O)[C@H](CC(C)C)NC(=O)[C@H](CCCn1cccc1)NC(=O)C(Cc1cccc2ccccc12)Cc1cccc2ccccc12. The fraction of sp³-hybridized carbons (Fsp3) is 0.413. The van der Waals surface area contributed by atoms with E-state index in [0.29, 0.717) is 51.1 Å². The molecule has 4 N–H and O–H groups in total. The normalized spacial score (nSPS) is 13.8. The van der Waals surface area contributed by atoms with Gasteiger partial charge in [-0.25, -0.2) is 0 Å². The molecule has 5 aromatic rings. The van der Waals surface area contributed by atoms with Crippen LogP contribution < -0.4 is 16.0 Å². The quantitative estimate of drug-likeness (QED) is 0.0661. The molecule has 1 heterocycles. The van der Waals surface area contributed by atoms with Crippen molar-refractivity contribution in [3.63, 3.8) is 0 Å². The summed E-state index contributed by atoms with van der Waals surface area (Å²) in [5.74, 6) is -0.768. The van der Waals surface area contributed by atoms with Crippen LogP contribution in [0, 0.1) is 17.8 Å². The molecule has 0 spiro atoms. The molecule has 54 heavy (non-hydrogen) atoms. The highest BCUT2D eigenvalue weighted by molar-refractivity contribution is 5.91. The van der Waals surface area contributed by atoms with Crippen LogP contribution in [-0.2, 0) is 33.8 Å². The van der Waals surface area contributed by atoms with Crippen molar-refractivity contribution in [1.29, 1.82) is 0 Å².